The minimum absolute atomic E-state index is 0.104. The van der Waals surface area contributed by atoms with E-state index in [2.05, 4.69) is 15.5 Å². The minimum Gasteiger partial charge on any atom is -0.479 e. The normalized spacial score (nSPS) is 11.8. The van der Waals surface area contributed by atoms with Gasteiger partial charge in [-0.05, 0) is 38.1 Å². The number of rotatable bonds is 7. The topological polar surface area (TPSA) is 112 Å². The number of H-pyrrole nitrogens is 1. The molecule has 0 radical (unpaired) electrons. The van der Waals surface area contributed by atoms with Crippen molar-refractivity contribution in [1.82, 2.24) is 15.5 Å². The summed E-state index contributed by atoms with van der Waals surface area (Å²) in [6.07, 6.45) is -0.275. The quantitative estimate of drug-likeness (QED) is 0.664. The molecule has 8 heteroatoms. The van der Waals surface area contributed by atoms with E-state index in [4.69, 9.17) is 0 Å². The van der Waals surface area contributed by atoms with Gasteiger partial charge < -0.3 is 10.4 Å². The maximum atomic E-state index is 12.8. The van der Waals surface area contributed by atoms with Crippen LogP contribution in [0.25, 0.3) is 0 Å². The molecule has 2 rings (SSSR count). The molecule has 0 bridgehead atoms. The van der Waals surface area contributed by atoms with Crippen molar-refractivity contribution in [2.45, 2.75) is 32.7 Å². The maximum absolute atomic E-state index is 12.8. The number of carboxylic acids is 1. The lowest BCUT2D eigenvalue weighted by atomic mass is 10.0. The van der Waals surface area contributed by atoms with Crippen molar-refractivity contribution in [1.29, 1.82) is 0 Å². The van der Waals surface area contributed by atoms with Crippen molar-refractivity contribution in [3.8, 4) is 0 Å². The van der Waals surface area contributed by atoms with Crippen LogP contribution in [-0.2, 0) is 9.59 Å². The Morgan fingerprint density at radius 1 is 1.20 bits per heavy atom. The Labute approximate surface area is 143 Å². The molecule has 0 unspecified atom stereocenters. The zero-order valence-corrected chi connectivity index (χ0v) is 13.8. The number of amides is 1. The molecule has 0 aliphatic rings. The van der Waals surface area contributed by atoms with Crippen LogP contribution in [0.5, 0.6) is 0 Å². The number of nitrogens with zero attached hydrogens (tertiary/aromatic N) is 1. The summed E-state index contributed by atoms with van der Waals surface area (Å²) in [6.45, 7) is 3.30. The van der Waals surface area contributed by atoms with Crippen LogP contribution in [0.15, 0.2) is 24.3 Å². The van der Waals surface area contributed by atoms with Gasteiger partial charge in [-0.2, -0.15) is 5.10 Å². The number of carbonyl (C=O) groups excluding carboxylic acids is 2. The molecule has 1 heterocycles. The van der Waals surface area contributed by atoms with E-state index in [0.717, 1.165) is 12.1 Å². The molecular weight excluding hydrogens is 329 g/mol. The number of aryl methyl sites for hydroxylation is 2. The van der Waals surface area contributed by atoms with Gasteiger partial charge in [-0.1, -0.05) is 0 Å². The molecule has 7 nitrogen and oxygen atoms in total. The molecule has 1 aromatic heterocycles. The van der Waals surface area contributed by atoms with Gasteiger partial charge >= 0.3 is 5.97 Å². The second-order valence-electron chi connectivity index (χ2n) is 5.62. The van der Waals surface area contributed by atoms with E-state index in [0.29, 0.717) is 22.5 Å². The highest BCUT2D eigenvalue weighted by atomic mass is 19.1. The van der Waals surface area contributed by atoms with E-state index in [1.165, 1.54) is 12.1 Å². The number of ketones is 1. The molecule has 25 heavy (non-hydrogen) atoms. The van der Waals surface area contributed by atoms with E-state index in [1.807, 2.05) is 0 Å². The lowest BCUT2D eigenvalue weighted by molar-refractivity contribution is -0.142. The Morgan fingerprint density at radius 3 is 2.36 bits per heavy atom. The Hall–Kier alpha value is -3.03. The number of aliphatic carboxylic acids is 1. The number of halogens is 1. The summed E-state index contributed by atoms with van der Waals surface area (Å²) in [6, 6.07) is 3.77. The van der Waals surface area contributed by atoms with Crippen molar-refractivity contribution < 1.29 is 23.9 Å². The molecule has 0 aliphatic carbocycles. The second-order valence-corrected chi connectivity index (χ2v) is 5.62. The fraction of sp³-hybridized carbons (Fsp3) is 0.294. The number of carbonyl (C=O) groups is 3. The van der Waals surface area contributed by atoms with Gasteiger partial charge in [0.1, 0.15) is 5.82 Å². The van der Waals surface area contributed by atoms with Crippen molar-refractivity contribution in [2.75, 3.05) is 0 Å². The fourth-order valence-corrected chi connectivity index (χ4v) is 2.48. The predicted molar refractivity (Wildman–Crippen MR) is 86.5 cm³/mol. The first-order valence-corrected chi connectivity index (χ1v) is 7.62. The van der Waals surface area contributed by atoms with E-state index in [9.17, 15) is 23.9 Å². The zero-order valence-electron chi connectivity index (χ0n) is 13.8. The van der Waals surface area contributed by atoms with Gasteiger partial charge in [-0.3, -0.25) is 14.7 Å². The Kier molecular flexibility index (Phi) is 5.63. The zero-order chi connectivity index (χ0) is 18.6. The molecule has 0 aliphatic heterocycles. The van der Waals surface area contributed by atoms with Crippen LogP contribution in [0.1, 0.15) is 46.2 Å². The smallest absolute Gasteiger partial charge is 0.331 e. The van der Waals surface area contributed by atoms with Gasteiger partial charge in [0, 0.05) is 29.7 Å². The highest BCUT2D eigenvalue weighted by Gasteiger charge is 2.27. The summed E-state index contributed by atoms with van der Waals surface area (Å²) < 4.78 is 12.8. The SMILES string of the molecule is Cc1n[nH]c(C)c1[C@@H](NC(=O)CCC(=O)c1ccc(F)cc1)C(=O)O. The summed E-state index contributed by atoms with van der Waals surface area (Å²) in [5.41, 5.74) is 1.72. The van der Waals surface area contributed by atoms with Crippen molar-refractivity contribution in [3.63, 3.8) is 0 Å². The van der Waals surface area contributed by atoms with Gasteiger partial charge in [-0.25, -0.2) is 9.18 Å². The number of aromatic nitrogens is 2. The molecule has 1 aromatic carbocycles. The largest absolute Gasteiger partial charge is 0.479 e. The highest BCUT2D eigenvalue weighted by molar-refractivity contribution is 5.98. The Morgan fingerprint density at radius 2 is 1.84 bits per heavy atom. The summed E-state index contributed by atoms with van der Waals surface area (Å²) in [5.74, 6) is -2.56. The van der Waals surface area contributed by atoms with Crippen LogP contribution in [0.2, 0.25) is 0 Å². The number of hydrogen-bond donors (Lipinski definition) is 3. The molecule has 2 aromatic rings. The van der Waals surface area contributed by atoms with E-state index in [-0.39, 0.29) is 18.6 Å². The molecular formula is C17H18FN3O4. The van der Waals surface area contributed by atoms with E-state index < -0.39 is 23.7 Å². The van der Waals surface area contributed by atoms with Crippen LogP contribution in [0.3, 0.4) is 0 Å². The molecule has 0 spiro atoms. The molecule has 1 atom stereocenters. The Bertz CT molecular complexity index is 779. The summed E-state index contributed by atoms with van der Waals surface area (Å²) in [7, 11) is 0. The minimum atomic E-state index is -1.24. The maximum Gasteiger partial charge on any atom is 0.331 e. The van der Waals surface area contributed by atoms with Crippen molar-refractivity contribution in [3.05, 3.63) is 52.6 Å². The van der Waals surface area contributed by atoms with Gasteiger partial charge in [0.25, 0.3) is 0 Å². The van der Waals surface area contributed by atoms with Crippen LogP contribution in [-0.4, -0.2) is 33.0 Å². The number of hydrogen-bond acceptors (Lipinski definition) is 4. The van der Waals surface area contributed by atoms with Gasteiger partial charge in [0.15, 0.2) is 11.8 Å². The number of carboxylic acid groups (broad SMARTS) is 1. The first-order valence-electron chi connectivity index (χ1n) is 7.62. The third-order valence-corrected chi connectivity index (χ3v) is 3.77. The monoisotopic (exact) mass is 347 g/mol. The first kappa shape index (κ1) is 18.3. The van der Waals surface area contributed by atoms with Crippen LogP contribution < -0.4 is 5.32 Å². The molecule has 0 saturated heterocycles. The molecule has 1 amide bonds. The number of nitrogens with one attached hydrogen (secondary N) is 2. The first-order chi connectivity index (χ1) is 11.8. The van der Waals surface area contributed by atoms with Crippen LogP contribution in [0, 0.1) is 19.7 Å². The van der Waals surface area contributed by atoms with Crippen molar-refractivity contribution in [2.24, 2.45) is 0 Å². The van der Waals surface area contributed by atoms with Gasteiger partial charge in [-0.15, -0.1) is 0 Å². The average molecular weight is 347 g/mol. The summed E-state index contributed by atoms with van der Waals surface area (Å²) >= 11 is 0. The molecule has 0 saturated carbocycles. The molecule has 132 valence electrons. The lowest BCUT2D eigenvalue weighted by Crippen LogP contribution is -2.34. The number of aromatic amines is 1. The summed E-state index contributed by atoms with van der Waals surface area (Å²) in [5, 5.41) is 18.4. The predicted octanol–water partition coefficient (Wildman–Crippen LogP) is 2.07. The number of Topliss-reactive ketones (excluding diaryl/α,β-unsaturated/α-hetero) is 1. The molecule has 0 fully saturated rings. The fourth-order valence-electron chi connectivity index (χ4n) is 2.48. The molecule has 3 N–H and O–H groups in total. The average Bonchev–Trinajstić information content (AvgIpc) is 2.89. The number of benzene rings is 1. The second kappa shape index (κ2) is 7.69. The Balaban J connectivity index is 1.99. The van der Waals surface area contributed by atoms with Gasteiger partial charge in [0.05, 0.1) is 5.69 Å². The third-order valence-electron chi connectivity index (χ3n) is 3.77. The lowest BCUT2D eigenvalue weighted by Gasteiger charge is -2.15. The van der Waals surface area contributed by atoms with Gasteiger partial charge in [0.2, 0.25) is 5.91 Å². The van der Waals surface area contributed by atoms with Crippen LogP contribution in [0.4, 0.5) is 4.39 Å². The highest BCUT2D eigenvalue weighted by Crippen LogP contribution is 2.20. The van der Waals surface area contributed by atoms with Crippen molar-refractivity contribution >= 4 is 17.7 Å². The van der Waals surface area contributed by atoms with E-state index in [1.54, 1.807) is 13.8 Å². The summed E-state index contributed by atoms with van der Waals surface area (Å²) in [4.78, 5) is 35.5. The van der Waals surface area contributed by atoms with Crippen LogP contribution >= 0.6 is 0 Å². The standard InChI is InChI=1S/C17H18FN3O4/c1-9-15(10(2)21-20-9)16(17(24)25)19-14(23)8-7-13(22)11-3-5-12(18)6-4-11/h3-6,16H,7-8H2,1-2H3,(H,19,23)(H,20,21)(H,24,25)/t16-/m1/s1. The third kappa shape index (κ3) is 4.50. The van der Waals surface area contributed by atoms with E-state index >= 15 is 0 Å².